The van der Waals surface area contributed by atoms with Crippen LogP contribution in [0.2, 0.25) is 0 Å². The lowest BCUT2D eigenvalue weighted by atomic mass is 9.48. The average Bonchev–Trinajstić information content (AvgIpc) is 2.13. The minimum Gasteiger partial charge on any atom is -0.481 e. The molecule has 0 unspecified atom stereocenters. The van der Waals surface area contributed by atoms with Gasteiger partial charge in [0.05, 0.1) is 0 Å². The maximum Gasteiger partial charge on any atom is 0.303 e. The van der Waals surface area contributed by atoms with Gasteiger partial charge in [-0.25, -0.2) is 0 Å². The second-order valence-corrected chi connectivity index (χ2v) is 6.66. The molecule has 1 N–H and O–H groups in total. The third kappa shape index (κ3) is 1.87. The second kappa shape index (κ2) is 3.75. The Bertz CT molecular complexity index is 260. The molecular weight excluding hydrogens is 200 g/mol. The van der Waals surface area contributed by atoms with E-state index < -0.39 is 5.97 Å². The van der Waals surface area contributed by atoms with Crippen molar-refractivity contribution in [3.8, 4) is 0 Å². The molecule has 90 valence electrons. The molecule has 0 aliphatic heterocycles. The zero-order valence-electron chi connectivity index (χ0n) is 9.95. The first kappa shape index (κ1) is 10.6. The van der Waals surface area contributed by atoms with Crippen molar-refractivity contribution in [3.05, 3.63) is 0 Å². The molecule has 0 radical (unpaired) electrons. The lowest BCUT2D eigenvalue weighted by Crippen LogP contribution is -2.45. The van der Waals surface area contributed by atoms with Crippen LogP contribution in [-0.2, 0) is 4.79 Å². The van der Waals surface area contributed by atoms with E-state index in [1.54, 1.807) is 0 Å². The molecule has 0 aromatic carbocycles. The molecule has 4 fully saturated rings. The van der Waals surface area contributed by atoms with E-state index >= 15 is 0 Å². The molecule has 16 heavy (non-hydrogen) atoms. The van der Waals surface area contributed by atoms with Crippen molar-refractivity contribution in [1.82, 2.24) is 0 Å². The van der Waals surface area contributed by atoms with Gasteiger partial charge < -0.3 is 5.11 Å². The molecule has 4 aliphatic carbocycles. The van der Waals surface area contributed by atoms with E-state index in [0.29, 0.717) is 11.8 Å². The Morgan fingerprint density at radius 3 is 2.00 bits per heavy atom. The van der Waals surface area contributed by atoms with Crippen molar-refractivity contribution in [2.45, 2.75) is 57.8 Å². The van der Waals surface area contributed by atoms with Crippen LogP contribution in [-0.4, -0.2) is 11.1 Å². The van der Waals surface area contributed by atoms with E-state index in [0.717, 1.165) is 24.2 Å². The van der Waals surface area contributed by atoms with Gasteiger partial charge in [-0.3, -0.25) is 4.79 Å². The van der Waals surface area contributed by atoms with Crippen LogP contribution in [0, 0.1) is 23.2 Å². The highest BCUT2D eigenvalue weighted by Crippen LogP contribution is 2.61. The number of hydrogen-bond acceptors (Lipinski definition) is 1. The number of hydrogen-bond donors (Lipinski definition) is 1. The van der Waals surface area contributed by atoms with Crippen LogP contribution in [0.4, 0.5) is 0 Å². The Kier molecular flexibility index (Phi) is 2.49. The molecule has 4 saturated carbocycles. The summed E-state index contributed by atoms with van der Waals surface area (Å²) < 4.78 is 0. The van der Waals surface area contributed by atoms with Crippen molar-refractivity contribution in [1.29, 1.82) is 0 Å². The van der Waals surface area contributed by atoms with Gasteiger partial charge in [0.15, 0.2) is 0 Å². The third-order valence-electron chi connectivity index (χ3n) is 5.26. The van der Waals surface area contributed by atoms with Gasteiger partial charge in [0.2, 0.25) is 0 Å². The molecular formula is C14H22O2. The third-order valence-corrected chi connectivity index (χ3v) is 5.26. The summed E-state index contributed by atoms with van der Waals surface area (Å²) in [5, 5.41) is 8.73. The number of rotatable bonds is 4. The predicted molar refractivity (Wildman–Crippen MR) is 62.1 cm³/mol. The number of carbonyl (C=O) groups is 1. The summed E-state index contributed by atoms with van der Waals surface area (Å²) in [6.45, 7) is 0. The molecule has 2 nitrogen and oxygen atoms in total. The highest BCUT2D eigenvalue weighted by molar-refractivity contribution is 5.66. The van der Waals surface area contributed by atoms with Gasteiger partial charge in [-0.05, 0) is 74.5 Å². The Morgan fingerprint density at radius 1 is 1.06 bits per heavy atom. The van der Waals surface area contributed by atoms with Crippen molar-refractivity contribution >= 4 is 5.97 Å². The van der Waals surface area contributed by atoms with Gasteiger partial charge in [-0.2, -0.15) is 0 Å². The summed E-state index contributed by atoms with van der Waals surface area (Å²) in [6, 6.07) is 0. The number of aliphatic carboxylic acids is 1. The summed E-state index contributed by atoms with van der Waals surface area (Å²) in [6.07, 6.45) is 11.2. The van der Waals surface area contributed by atoms with E-state index in [-0.39, 0.29) is 0 Å². The van der Waals surface area contributed by atoms with E-state index in [1.807, 2.05) is 0 Å². The fourth-order valence-corrected chi connectivity index (χ4v) is 5.21. The topological polar surface area (TPSA) is 37.3 Å². The first-order chi connectivity index (χ1) is 7.65. The average molecular weight is 222 g/mol. The summed E-state index contributed by atoms with van der Waals surface area (Å²) in [4.78, 5) is 10.6. The van der Waals surface area contributed by atoms with Crippen molar-refractivity contribution < 1.29 is 9.90 Å². The Balaban J connectivity index is 1.62. The van der Waals surface area contributed by atoms with Crippen LogP contribution in [0.5, 0.6) is 0 Å². The van der Waals surface area contributed by atoms with Crippen molar-refractivity contribution in [2.75, 3.05) is 0 Å². The largest absolute Gasteiger partial charge is 0.481 e. The smallest absolute Gasteiger partial charge is 0.303 e. The molecule has 0 aromatic rings. The van der Waals surface area contributed by atoms with Gasteiger partial charge in [0.25, 0.3) is 0 Å². The molecule has 0 atom stereocenters. The fraction of sp³-hybridized carbons (Fsp3) is 0.929. The van der Waals surface area contributed by atoms with Crippen LogP contribution in [0.1, 0.15) is 57.8 Å². The van der Waals surface area contributed by atoms with E-state index in [9.17, 15) is 4.79 Å². The van der Waals surface area contributed by atoms with E-state index in [4.69, 9.17) is 5.11 Å². The minimum atomic E-state index is -0.621. The van der Waals surface area contributed by atoms with Gasteiger partial charge in [-0.1, -0.05) is 0 Å². The zero-order chi connectivity index (χ0) is 11.2. The van der Waals surface area contributed by atoms with E-state index in [1.165, 1.54) is 44.9 Å². The maximum absolute atomic E-state index is 10.6. The van der Waals surface area contributed by atoms with Crippen LogP contribution in [0.3, 0.4) is 0 Å². The van der Waals surface area contributed by atoms with Crippen molar-refractivity contribution in [3.63, 3.8) is 0 Å². The molecule has 4 aliphatic rings. The fourth-order valence-electron chi connectivity index (χ4n) is 5.21. The van der Waals surface area contributed by atoms with E-state index in [2.05, 4.69) is 0 Å². The Hall–Kier alpha value is -0.530. The number of carboxylic acids is 1. The molecule has 4 rings (SSSR count). The minimum absolute atomic E-state index is 0.377. The summed E-state index contributed by atoms with van der Waals surface area (Å²) >= 11 is 0. The standard InChI is InChI=1S/C14H22O2/c15-13(16)2-1-3-14-7-10-4-11(8-14)6-12(5-10)9-14/h10-12H,1-9H2,(H,15,16). The van der Waals surface area contributed by atoms with Crippen LogP contribution < -0.4 is 0 Å². The molecule has 0 heterocycles. The highest BCUT2D eigenvalue weighted by Gasteiger charge is 2.50. The number of carboxylic acid groups (broad SMARTS) is 1. The van der Waals surface area contributed by atoms with Crippen LogP contribution in [0.25, 0.3) is 0 Å². The SMILES string of the molecule is O=C(O)CCCC12CC3CC(CC(C3)C1)C2. The zero-order valence-corrected chi connectivity index (χ0v) is 9.95. The quantitative estimate of drug-likeness (QED) is 0.791. The monoisotopic (exact) mass is 222 g/mol. The molecule has 0 spiro atoms. The van der Waals surface area contributed by atoms with Gasteiger partial charge in [0, 0.05) is 6.42 Å². The van der Waals surface area contributed by atoms with Crippen molar-refractivity contribution in [2.24, 2.45) is 23.2 Å². The molecule has 0 aromatic heterocycles. The molecule has 2 heteroatoms. The molecule has 0 saturated heterocycles. The van der Waals surface area contributed by atoms with Crippen LogP contribution >= 0.6 is 0 Å². The predicted octanol–water partition coefficient (Wildman–Crippen LogP) is 3.46. The van der Waals surface area contributed by atoms with Gasteiger partial charge >= 0.3 is 5.97 Å². The highest BCUT2D eigenvalue weighted by atomic mass is 16.4. The lowest BCUT2D eigenvalue weighted by molar-refractivity contribution is -0.137. The normalized spacial score (nSPS) is 44.9. The molecule has 4 bridgehead atoms. The van der Waals surface area contributed by atoms with Crippen LogP contribution in [0.15, 0.2) is 0 Å². The summed E-state index contributed by atoms with van der Waals surface area (Å²) in [5.74, 6) is 2.37. The summed E-state index contributed by atoms with van der Waals surface area (Å²) in [5.41, 5.74) is 0.574. The molecule has 0 amide bonds. The lowest BCUT2D eigenvalue weighted by Gasteiger charge is -2.57. The second-order valence-electron chi connectivity index (χ2n) is 6.66. The first-order valence-electron chi connectivity index (χ1n) is 6.87. The first-order valence-corrected chi connectivity index (χ1v) is 6.87. The Morgan fingerprint density at radius 2 is 1.56 bits per heavy atom. The summed E-state index contributed by atoms with van der Waals surface area (Å²) in [7, 11) is 0. The maximum atomic E-state index is 10.6. The van der Waals surface area contributed by atoms with Gasteiger partial charge in [0.1, 0.15) is 0 Å². The Labute approximate surface area is 97.4 Å². The van der Waals surface area contributed by atoms with Gasteiger partial charge in [-0.15, -0.1) is 0 Å².